The summed E-state index contributed by atoms with van der Waals surface area (Å²) in [6, 6.07) is 5.79. The van der Waals surface area contributed by atoms with Crippen LogP contribution in [0.5, 0.6) is 5.75 Å². The Kier molecular flexibility index (Phi) is 6.03. The molecule has 0 aliphatic carbocycles. The van der Waals surface area contributed by atoms with E-state index in [2.05, 4.69) is 54.1 Å². The fourth-order valence-corrected chi connectivity index (χ4v) is 3.94. The van der Waals surface area contributed by atoms with Gasteiger partial charge in [0, 0.05) is 17.0 Å². The molecule has 0 radical (unpaired) electrons. The van der Waals surface area contributed by atoms with E-state index in [-0.39, 0.29) is 5.41 Å². The largest absolute Gasteiger partial charge is 0.490 e. The van der Waals surface area contributed by atoms with Gasteiger partial charge in [-0.25, -0.2) is 0 Å². The van der Waals surface area contributed by atoms with Gasteiger partial charge in [-0.15, -0.1) is 0 Å². The standard InChI is InChI=1S/C16H19ClINOS/c1-3-16(4-2,10-21)9-20-15-13(18)8-12(17)11-6-5-7-19-14(11)15/h5-8,21H,3-4,9-10H2,1-2H3. The molecule has 0 N–H and O–H groups in total. The predicted molar refractivity (Wildman–Crippen MR) is 102 cm³/mol. The van der Waals surface area contributed by atoms with Gasteiger partial charge >= 0.3 is 0 Å². The van der Waals surface area contributed by atoms with E-state index < -0.39 is 0 Å². The number of halogens is 2. The van der Waals surface area contributed by atoms with Gasteiger partial charge in [0.25, 0.3) is 0 Å². The number of nitrogens with zero attached hydrogens (tertiary/aromatic N) is 1. The lowest BCUT2D eigenvalue weighted by molar-refractivity contribution is 0.157. The number of thiol groups is 1. The average molecular weight is 436 g/mol. The summed E-state index contributed by atoms with van der Waals surface area (Å²) in [6.07, 6.45) is 3.86. The first-order valence-corrected chi connectivity index (χ1v) is 9.12. The molecule has 114 valence electrons. The lowest BCUT2D eigenvalue weighted by Crippen LogP contribution is -2.29. The van der Waals surface area contributed by atoms with Crippen LogP contribution in [0.3, 0.4) is 0 Å². The number of aromatic nitrogens is 1. The van der Waals surface area contributed by atoms with Crippen LogP contribution in [0, 0.1) is 8.99 Å². The molecule has 2 rings (SSSR count). The van der Waals surface area contributed by atoms with Crippen molar-refractivity contribution in [3.05, 3.63) is 33.0 Å². The fourth-order valence-electron chi connectivity index (χ4n) is 2.23. The molecule has 2 nitrogen and oxygen atoms in total. The van der Waals surface area contributed by atoms with E-state index in [1.54, 1.807) is 6.20 Å². The summed E-state index contributed by atoms with van der Waals surface area (Å²) < 4.78 is 7.16. The Bertz CT molecular complexity index is 623. The van der Waals surface area contributed by atoms with Gasteiger partial charge in [0.15, 0.2) is 5.75 Å². The first-order chi connectivity index (χ1) is 10.1. The zero-order chi connectivity index (χ0) is 15.5. The molecule has 0 saturated carbocycles. The van der Waals surface area contributed by atoms with Crippen molar-refractivity contribution >= 4 is 57.7 Å². The first-order valence-electron chi connectivity index (χ1n) is 7.03. The van der Waals surface area contributed by atoms with Crippen LogP contribution in [-0.4, -0.2) is 17.3 Å². The van der Waals surface area contributed by atoms with E-state index in [4.69, 9.17) is 16.3 Å². The summed E-state index contributed by atoms with van der Waals surface area (Å²) >= 11 is 13.1. The second-order valence-electron chi connectivity index (χ2n) is 5.22. The van der Waals surface area contributed by atoms with Crippen molar-refractivity contribution in [3.63, 3.8) is 0 Å². The third-order valence-electron chi connectivity index (χ3n) is 4.11. The van der Waals surface area contributed by atoms with Crippen LogP contribution in [0.15, 0.2) is 24.4 Å². The predicted octanol–water partition coefficient (Wildman–Crippen LogP) is 5.61. The Morgan fingerprint density at radius 3 is 2.71 bits per heavy atom. The maximum Gasteiger partial charge on any atom is 0.158 e. The summed E-state index contributed by atoms with van der Waals surface area (Å²) in [4.78, 5) is 4.45. The van der Waals surface area contributed by atoms with Gasteiger partial charge < -0.3 is 4.74 Å². The van der Waals surface area contributed by atoms with Crippen LogP contribution in [0.4, 0.5) is 0 Å². The fraction of sp³-hybridized carbons (Fsp3) is 0.438. The molecule has 1 aromatic heterocycles. The van der Waals surface area contributed by atoms with Crippen LogP contribution >= 0.6 is 46.8 Å². The zero-order valence-corrected chi connectivity index (χ0v) is 16.0. The zero-order valence-electron chi connectivity index (χ0n) is 12.2. The van der Waals surface area contributed by atoms with Gasteiger partial charge in [0.1, 0.15) is 5.52 Å². The highest BCUT2D eigenvalue weighted by Crippen LogP contribution is 2.36. The van der Waals surface area contributed by atoms with E-state index in [9.17, 15) is 0 Å². The smallest absolute Gasteiger partial charge is 0.158 e. The Morgan fingerprint density at radius 1 is 1.38 bits per heavy atom. The van der Waals surface area contributed by atoms with E-state index >= 15 is 0 Å². The van der Waals surface area contributed by atoms with E-state index in [1.807, 2.05) is 18.2 Å². The molecule has 0 saturated heterocycles. The van der Waals surface area contributed by atoms with Crippen molar-refractivity contribution in [3.8, 4) is 5.75 Å². The average Bonchev–Trinajstić information content (AvgIpc) is 2.51. The number of fused-ring (bicyclic) bond motifs is 1. The lowest BCUT2D eigenvalue weighted by atomic mass is 9.85. The Labute approximate surface area is 150 Å². The number of hydrogen-bond acceptors (Lipinski definition) is 3. The van der Waals surface area contributed by atoms with E-state index in [0.29, 0.717) is 11.6 Å². The van der Waals surface area contributed by atoms with Crippen molar-refractivity contribution in [1.82, 2.24) is 4.98 Å². The molecule has 0 fully saturated rings. The monoisotopic (exact) mass is 435 g/mol. The first kappa shape index (κ1) is 17.2. The molecule has 1 aromatic carbocycles. The molecule has 0 atom stereocenters. The number of pyridine rings is 1. The second-order valence-corrected chi connectivity index (χ2v) is 7.11. The van der Waals surface area contributed by atoms with E-state index in [0.717, 1.165) is 38.8 Å². The summed E-state index contributed by atoms with van der Waals surface area (Å²) in [5.41, 5.74) is 0.932. The normalized spacial score (nSPS) is 11.9. The van der Waals surface area contributed by atoms with Crippen LogP contribution in [0.2, 0.25) is 5.02 Å². The lowest BCUT2D eigenvalue weighted by Gasteiger charge is -2.30. The summed E-state index contributed by atoms with van der Waals surface area (Å²) in [5.74, 6) is 1.64. The molecule has 0 bridgehead atoms. The number of ether oxygens (including phenoxy) is 1. The van der Waals surface area contributed by atoms with Crippen LogP contribution < -0.4 is 4.74 Å². The Morgan fingerprint density at radius 2 is 2.10 bits per heavy atom. The van der Waals surface area contributed by atoms with Crippen LogP contribution in [-0.2, 0) is 0 Å². The maximum atomic E-state index is 6.29. The number of hydrogen-bond donors (Lipinski definition) is 1. The SMILES string of the molecule is CCC(CC)(CS)COc1c(I)cc(Cl)c2cccnc12. The molecule has 21 heavy (non-hydrogen) atoms. The van der Waals surface area contributed by atoms with Crippen LogP contribution in [0.25, 0.3) is 10.9 Å². The highest BCUT2D eigenvalue weighted by molar-refractivity contribution is 14.1. The van der Waals surface area contributed by atoms with Crippen molar-refractivity contribution in [2.24, 2.45) is 5.41 Å². The molecular weight excluding hydrogens is 417 g/mol. The summed E-state index contributed by atoms with van der Waals surface area (Å²) in [5, 5.41) is 1.64. The minimum absolute atomic E-state index is 0.104. The molecule has 0 unspecified atom stereocenters. The third kappa shape index (κ3) is 3.59. The molecule has 2 aromatic rings. The summed E-state index contributed by atoms with van der Waals surface area (Å²) in [7, 11) is 0. The van der Waals surface area contributed by atoms with E-state index in [1.165, 1.54) is 0 Å². The minimum Gasteiger partial charge on any atom is -0.490 e. The Balaban J connectivity index is 2.39. The quantitative estimate of drug-likeness (QED) is 0.471. The molecule has 0 amide bonds. The minimum atomic E-state index is 0.104. The van der Waals surface area contributed by atoms with Gasteiger partial charge in [-0.3, -0.25) is 4.98 Å². The molecular formula is C16H19ClINOS. The van der Waals surface area contributed by atoms with Gasteiger partial charge in [-0.2, -0.15) is 12.6 Å². The molecule has 0 spiro atoms. The van der Waals surface area contributed by atoms with Crippen molar-refractivity contribution < 1.29 is 4.74 Å². The van der Waals surface area contributed by atoms with Crippen molar-refractivity contribution in [2.45, 2.75) is 26.7 Å². The second kappa shape index (κ2) is 7.38. The molecule has 1 heterocycles. The van der Waals surface area contributed by atoms with Crippen molar-refractivity contribution in [1.29, 1.82) is 0 Å². The summed E-state index contributed by atoms with van der Waals surface area (Å²) in [6.45, 7) is 5.02. The molecule has 0 aliphatic heterocycles. The highest BCUT2D eigenvalue weighted by Gasteiger charge is 2.26. The highest BCUT2D eigenvalue weighted by atomic mass is 127. The Hall–Kier alpha value is -0.200. The molecule has 5 heteroatoms. The van der Waals surface area contributed by atoms with Gasteiger partial charge in [0.2, 0.25) is 0 Å². The van der Waals surface area contributed by atoms with Crippen molar-refractivity contribution in [2.75, 3.05) is 12.4 Å². The number of benzene rings is 1. The van der Waals surface area contributed by atoms with Gasteiger partial charge in [0.05, 0.1) is 15.2 Å². The number of rotatable bonds is 6. The van der Waals surface area contributed by atoms with Gasteiger partial charge in [-0.05, 0) is 59.4 Å². The third-order valence-corrected chi connectivity index (χ3v) is 5.89. The van der Waals surface area contributed by atoms with Crippen LogP contribution in [0.1, 0.15) is 26.7 Å². The molecule has 0 aliphatic rings. The maximum absolute atomic E-state index is 6.29. The topological polar surface area (TPSA) is 22.1 Å². The van der Waals surface area contributed by atoms with Gasteiger partial charge in [-0.1, -0.05) is 25.4 Å².